The fraction of sp³-hybridized carbons (Fsp3) is 0.472. The van der Waals surface area contributed by atoms with Gasteiger partial charge in [0.05, 0.1) is 11.7 Å². The van der Waals surface area contributed by atoms with Crippen molar-refractivity contribution < 1.29 is 18.7 Å². The highest BCUT2D eigenvalue weighted by Crippen LogP contribution is 2.25. The van der Waals surface area contributed by atoms with E-state index in [4.69, 9.17) is 9.47 Å². The summed E-state index contributed by atoms with van der Waals surface area (Å²) in [7, 11) is 0. The molecule has 0 aliphatic rings. The Labute approximate surface area is 241 Å². The largest absolute Gasteiger partial charge is 0.488 e. The van der Waals surface area contributed by atoms with Gasteiger partial charge in [-0.25, -0.2) is 9.18 Å². The number of hydrogen-bond donors (Lipinski definition) is 0. The molecular weight excluding hydrogens is 499 g/mol. The highest BCUT2D eigenvalue weighted by molar-refractivity contribution is 5.91. The average Bonchev–Trinajstić information content (AvgIpc) is 2.96. The van der Waals surface area contributed by atoms with E-state index in [2.05, 4.69) is 38.1 Å². The number of unbranched alkanes of at least 4 members (excludes halogenated alkanes) is 9. The van der Waals surface area contributed by atoms with Crippen LogP contribution in [-0.2, 0) is 6.42 Å². The number of aryl methyl sites for hydroxylation is 1. The van der Waals surface area contributed by atoms with Crippen molar-refractivity contribution in [1.29, 1.82) is 0 Å². The molecule has 0 amide bonds. The SMILES string of the molecule is CCCCCCCCCc1ccc(-c2ccc(OC(=O)c3ccc(OC(C)CCCCCC)c(F)c3)cc2)cc1. The summed E-state index contributed by atoms with van der Waals surface area (Å²) in [4.78, 5) is 12.6. The van der Waals surface area contributed by atoms with Gasteiger partial charge in [0.15, 0.2) is 11.6 Å². The second-order valence-electron chi connectivity index (χ2n) is 10.9. The molecule has 0 spiro atoms. The Bertz CT molecular complexity index is 1140. The zero-order valence-electron chi connectivity index (χ0n) is 24.7. The maximum Gasteiger partial charge on any atom is 0.343 e. The van der Waals surface area contributed by atoms with E-state index < -0.39 is 11.8 Å². The third-order valence-electron chi connectivity index (χ3n) is 7.38. The molecule has 1 unspecified atom stereocenters. The quantitative estimate of drug-likeness (QED) is 0.0904. The summed E-state index contributed by atoms with van der Waals surface area (Å²) in [6.45, 7) is 6.38. The number of hydrogen-bond acceptors (Lipinski definition) is 3. The molecule has 216 valence electrons. The summed E-state index contributed by atoms with van der Waals surface area (Å²) >= 11 is 0. The minimum Gasteiger partial charge on any atom is -0.488 e. The number of rotatable bonds is 18. The molecule has 0 fully saturated rings. The Morgan fingerprint density at radius 1 is 0.725 bits per heavy atom. The van der Waals surface area contributed by atoms with Crippen LogP contribution in [0.2, 0.25) is 0 Å². The maximum atomic E-state index is 14.6. The highest BCUT2D eigenvalue weighted by atomic mass is 19.1. The Morgan fingerprint density at radius 3 is 1.93 bits per heavy atom. The van der Waals surface area contributed by atoms with E-state index in [9.17, 15) is 9.18 Å². The number of ether oxygens (including phenoxy) is 2. The van der Waals surface area contributed by atoms with Gasteiger partial charge in [-0.15, -0.1) is 0 Å². The minimum absolute atomic E-state index is 0.0796. The van der Waals surface area contributed by atoms with Crippen molar-refractivity contribution in [2.75, 3.05) is 0 Å². The Morgan fingerprint density at radius 2 is 1.30 bits per heavy atom. The fourth-order valence-corrected chi connectivity index (χ4v) is 4.89. The zero-order chi connectivity index (χ0) is 28.6. The normalized spacial score (nSPS) is 11.8. The van der Waals surface area contributed by atoms with Gasteiger partial charge in [-0.05, 0) is 79.6 Å². The van der Waals surface area contributed by atoms with Crippen LogP contribution in [0.3, 0.4) is 0 Å². The molecule has 0 heterocycles. The van der Waals surface area contributed by atoms with Gasteiger partial charge in [-0.3, -0.25) is 0 Å². The molecule has 0 radical (unpaired) electrons. The van der Waals surface area contributed by atoms with Gasteiger partial charge in [-0.2, -0.15) is 0 Å². The van der Waals surface area contributed by atoms with E-state index in [0.29, 0.717) is 5.75 Å². The van der Waals surface area contributed by atoms with Crippen LogP contribution in [0.4, 0.5) is 4.39 Å². The van der Waals surface area contributed by atoms with E-state index in [0.717, 1.165) is 36.8 Å². The van der Waals surface area contributed by atoms with E-state index in [1.165, 1.54) is 75.5 Å². The first-order chi connectivity index (χ1) is 19.5. The van der Waals surface area contributed by atoms with Crippen molar-refractivity contribution in [3.8, 4) is 22.6 Å². The molecule has 40 heavy (non-hydrogen) atoms. The smallest absolute Gasteiger partial charge is 0.343 e. The first-order valence-electron chi connectivity index (χ1n) is 15.4. The van der Waals surface area contributed by atoms with Crippen LogP contribution in [0.5, 0.6) is 11.5 Å². The van der Waals surface area contributed by atoms with Gasteiger partial charge in [0, 0.05) is 0 Å². The zero-order valence-corrected chi connectivity index (χ0v) is 24.7. The Kier molecular flexibility index (Phi) is 13.8. The van der Waals surface area contributed by atoms with Gasteiger partial charge in [0.2, 0.25) is 0 Å². The summed E-state index contributed by atoms with van der Waals surface area (Å²) in [6, 6.07) is 20.4. The van der Waals surface area contributed by atoms with E-state index in [-0.39, 0.29) is 17.4 Å². The molecule has 4 heteroatoms. The van der Waals surface area contributed by atoms with Crippen LogP contribution in [0.15, 0.2) is 66.7 Å². The topological polar surface area (TPSA) is 35.5 Å². The Hall–Kier alpha value is -3.14. The van der Waals surface area contributed by atoms with E-state index in [1.807, 2.05) is 19.1 Å². The first-order valence-corrected chi connectivity index (χ1v) is 15.4. The van der Waals surface area contributed by atoms with Crippen LogP contribution in [-0.4, -0.2) is 12.1 Å². The van der Waals surface area contributed by atoms with Crippen LogP contribution in [0.25, 0.3) is 11.1 Å². The lowest BCUT2D eigenvalue weighted by Gasteiger charge is -2.15. The minimum atomic E-state index is -0.597. The number of benzene rings is 3. The third-order valence-corrected chi connectivity index (χ3v) is 7.38. The fourth-order valence-electron chi connectivity index (χ4n) is 4.89. The predicted molar refractivity (Wildman–Crippen MR) is 164 cm³/mol. The number of halogens is 1. The van der Waals surface area contributed by atoms with Crippen molar-refractivity contribution in [3.05, 3.63) is 83.7 Å². The molecule has 0 bridgehead atoms. The number of carbonyl (C=O) groups excluding carboxylic acids is 1. The Balaban J connectivity index is 1.47. The van der Waals surface area contributed by atoms with Crippen molar-refractivity contribution in [2.24, 2.45) is 0 Å². The molecule has 0 N–H and O–H groups in total. The first kappa shape index (κ1) is 31.4. The third kappa shape index (κ3) is 10.8. The van der Waals surface area contributed by atoms with Crippen molar-refractivity contribution in [1.82, 2.24) is 0 Å². The molecule has 0 aliphatic heterocycles. The predicted octanol–water partition coefficient (Wildman–Crippen LogP) is 10.7. The highest BCUT2D eigenvalue weighted by Gasteiger charge is 2.15. The standard InChI is InChI=1S/C36H47FO3/c1-4-6-8-10-11-12-14-16-29-17-19-30(20-18-29)31-21-24-33(25-22-31)40-36(38)32-23-26-35(34(37)27-32)39-28(3)15-13-9-7-5-2/h17-28H,4-16H2,1-3H3. The monoisotopic (exact) mass is 546 g/mol. The summed E-state index contributed by atoms with van der Waals surface area (Å²) < 4.78 is 25.9. The van der Waals surface area contributed by atoms with Gasteiger partial charge in [-0.1, -0.05) is 108 Å². The van der Waals surface area contributed by atoms with Crippen molar-refractivity contribution >= 4 is 5.97 Å². The maximum absolute atomic E-state index is 14.6. The molecule has 1 atom stereocenters. The molecule has 3 aromatic carbocycles. The van der Waals surface area contributed by atoms with Crippen LogP contribution < -0.4 is 9.47 Å². The summed E-state index contributed by atoms with van der Waals surface area (Å²) in [5.41, 5.74) is 3.70. The molecule has 0 aliphatic carbocycles. The van der Waals surface area contributed by atoms with Gasteiger partial charge >= 0.3 is 5.97 Å². The summed E-state index contributed by atoms with van der Waals surface area (Å²) in [5.74, 6) is -0.566. The molecular formula is C36H47FO3. The van der Waals surface area contributed by atoms with Gasteiger partial charge in [0.1, 0.15) is 5.75 Å². The average molecular weight is 547 g/mol. The molecule has 0 saturated heterocycles. The number of carbonyl (C=O) groups is 1. The van der Waals surface area contributed by atoms with Crippen molar-refractivity contribution in [3.63, 3.8) is 0 Å². The van der Waals surface area contributed by atoms with Crippen LogP contribution in [0.1, 0.15) is 114 Å². The molecule has 3 rings (SSSR count). The second-order valence-corrected chi connectivity index (χ2v) is 10.9. The molecule has 0 saturated carbocycles. The molecule has 3 aromatic rings. The summed E-state index contributed by atoms with van der Waals surface area (Å²) in [5, 5.41) is 0. The van der Waals surface area contributed by atoms with Crippen LogP contribution in [0, 0.1) is 5.82 Å². The van der Waals surface area contributed by atoms with Gasteiger partial charge < -0.3 is 9.47 Å². The van der Waals surface area contributed by atoms with Crippen LogP contribution >= 0.6 is 0 Å². The van der Waals surface area contributed by atoms with E-state index >= 15 is 0 Å². The lowest BCUT2D eigenvalue weighted by Crippen LogP contribution is -2.13. The van der Waals surface area contributed by atoms with E-state index in [1.54, 1.807) is 18.2 Å². The lowest BCUT2D eigenvalue weighted by atomic mass is 10.0. The molecule has 3 nitrogen and oxygen atoms in total. The lowest BCUT2D eigenvalue weighted by molar-refractivity contribution is 0.0734. The van der Waals surface area contributed by atoms with Gasteiger partial charge in [0.25, 0.3) is 0 Å². The second kappa shape index (κ2) is 17.5. The van der Waals surface area contributed by atoms with Crippen molar-refractivity contribution in [2.45, 2.75) is 110 Å². The number of esters is 1. The summed E-state index contributed by atoms with van der Waals surface area (Å²) in [6.07, 6.45) is 15.8. The molecule has 0 aromatic heterocycles.